The predicted molar refractivity (Wildman–Crippen MR) is 75.2 cm³/mol. The lowest BCUT2D eigenvalue weighted by molar-refractivity contribution is 0.153. The zero-order valence-corrected chi connectivity index (χ0v) is 13.1. The number of hydrogen-bond donors (Lipinski definition) is 2. The fraction of sp³-hybridized carbons (Fsp3) is 1.00. The molecule has 18 heavy (non-hydrogen) atoms. The minimum absolute atomic E-state index is 0.0887. The standard InChI is InChI=1S/C12H28N2O3S/c1-11(2)13-7-9-18(15,16)14-10-12(3,4)6-8-17-5/h11,13-14H,6-10H2,1-5H3. The maximum absolute atomic E-state index is 11.8. The van der Waals surface area contributed by atoms with E-state index in [0.717, 1.165) is 6.42 Å². The SMILES string of the molecule is COCCC(C)(C)CNS(=O)(=O)CCNC(C)C. The summed E-state index contributed by atoms with van der Waals surface area (Å²) in [6.45, 7) is 9.61. The molecule has 0 spiro atoms. The van der Waals surface area contributed by atoms with E-state index < -0.39 is 10.0 Å². The number of nitrogens with one attached hydrogen (secondary N) is 2. The average molecular weight is 280 g/mol. The van der Waals surface area contributed by atoms with Crippen LogP contribution in [0.15, 0.2) is 0 Å². The molecular weight excluding hydrogens is 252 g/mol. The first-order valence-electron chi connectivity index (χ1n) is 6.38. The lowest BCUT2D eigenvalue weighted by Gasteiger charge is -2.24. The van der Waals surface area contributed by atoms with Crippen molar-refractivity contribution >= 4 is 10.0 Å². The Morgan fingerprint density at radius 1 is 1.28 bits per heavy atom. The molecule has 0 unspecified atom stereocenters. The monoisotopic (exact) mass is 280 g/mol. The summed E-state index contributed by atoms with van der Waals surface area (Å²) < 4.78 is 31.2. The molecule has 0 radical (unpaired) electrons. The molecule has 0 aromatic heterocycles. The first kappa shape index (κ1) is 17.8. The zero-order chi connectivity index (χ0) is 14.2. The van der Waals surface area contributed by atoms with E-state index in [4.69, 9.17) is 4.74 Å². The van der Waals surface area contributed by atoms with E-state index in [1.54, 1.807) is 7.11 Å². The fourth-order valence-corrected chi connectivity index (χ4v) is 2.47. The van der Waals surface area contributed by atoms with Crippen LogP contribution in [0.2, 0.25) is 0 Å². The highest BCUT2D eigenvalue weighted by Gasteiger charge is 2.20. The van der Waals surface area contributed by atoms with Crippen molar-refractivity contribution in [1.29, 1.82) is 0 Å². The highest BCUT2D eigenvalue weighted by atomic mass is 32.2. The van der Waals surface area contributed by atoms with Gasteiger partial charge in [-0.25, -0.2) is 13.1 Å². The molecule has 5 nitrogen and oxygen atoms in total. The van der Waals surface area contributed by atoms with Crippen LogP contribution < -0.4 is 10.0 Å². The number of rotatable bonds is 10. The normalized spacial score (nSPS) is 13.2. The van der Waals surface area contributed by atoms with Gasteiger partial charge in [-0.2, -0.15) is 0 Å². The lowest BCUT2D eigenvalue weighted by atomic mass is 9.90. The quantitative estimate of drug-likeness (QED) is 0.626. The van der Waals surface area contributed by atoms with Crippen LogP contribution in [0.3, 0.4) is 0 Å². The van der Waals surface area contributed by atoms with Gasteiger partial charge in [-0.15, -0.1) is 0 Å². The van der Waals surface area contributed by atoms with Gasteiger partial charge in [0.15, 0.2) is 0 Å². The molecule has 0 heterocycles. The molecule has 0 saturated heterocycles. The van der Waals surface area contributed by atoms with Crippen LogP contribution in [0.25, 0.3) is 0 Å². The van der Waals surface area contributed by atoms with Gasteiger partial charge in [0.1, 0.15) is 0 Å². The largest absolute Gasteiger partial charge is 0.385 e. The molecule has 0 bridgehead atoms. The van der Waals surface area contributed by atoms with Crippen molar-refractivity contribution in [3.63, 3.8) is 0 Å². The van der Waals surface area contributed by atoms with E-state index in [1.165, 1.54) is 0 Å². The molecule has 0 aromatic carbocycles. The van der Waals surface area contributed by atoms with Gasteiger partial charge in [0.25, 0.3) is 0 Å². The average Bonchev–Trinajstić information content (AvgIpc) is 2.23. The second kappa shape index (κ2) is 8.09. The summed E-state index contributed by atoms with van der Waals surface area (Å²) >= 11 is 0. The minimum Gasteiger partial charge on any atom is -0.385 e. The van der Waals surface area contributed by atoms with E-state index in [0.29, 0.717) is 25.7 Å². The van der Waals surface area contributed by atoms with E-state index in [9.17, 15) is 8.42 Å². The third-order valence-corrected chi connectivity index (χ3v) is 4.00. The Hall–Kier alpha value is -0.170. The van der Waals surface area contributed by atoms with Gasteiger partial charge in [-0.1, -0.05) is 27.7 Å². The van der Waals surface area contributed by atoms with Crippen LogP contribution in [-0.2, 0) is 14.8 Å². The van der Waals surface area contributed by atoms with Crippen LogP contribution in [0.5, 0.6) is 0 Å². The van der Waals surface area contributed by atoms with Gasteiger partial charge < -0.3 is 10.1 Å². The number of ether oxygens (including phenoxy) is 1. The lowest BCUT2D eigenvalue weighted by Crippen LogP contribution is -2.39. The van der Waals surface area contributed by atoms with Crippen molar-refractivity contribution < 1.29 is 13.2 Å². The molecule has 0 rings (SSSR count). The molecule has 0 saturated carbocycles. The van der Waals surface area contributed by atoms with Crippen molar-refractivity contribution in [2.75, 3.05) is 32.6 Å². The van der Waals surface area contributed by atoms with Crippen LogP contribution in [0.4, 0.5) is 0 Å². The Kier molecular flexibility index (Phi) is 8.02. The molecule has 0 aliphatic rings. The van der Waals surface area contributed by atoms with Crippen molar-refractivity contribution in [2.24, 2.45) is 5.41 Å². The summed E-state index contributed by atoms with van der Waals surface area (Å²) in [4.78, 5) is 0. The molecule has 2 N–H and O–H groups in total. The summed E-state index contributed by atoms with van der Waals surface area (Å²) in [5, 5.41) is 3.09. The minimum atomic E-state index is -3.19. The van der Waals surface area contributed by atoms with Crippen LogP contribution in [0.1, 0.15) is 34.1 Å². The van der Waals surface area contributed by atoms with Gasteiger partial charge in [0, 0.05) is 32.8 Å². The molecule has 0 aliphatic heterocycles. The highest BCUT2D eigenvalue weighted by molar-refractivity contribution is 7.89. The van der Waals surface area contributed by atoms with E-state index in [1.807, 2.05) is 27.7 Å². The second-order valence-corrected chi connectivity index (χ2v) is 7.58. The summed E-state index contributed by atoms with van der Waals surface area (Å²) in [5.41, 5.74) is -0.0887. The third-order valence-electron chi connectivity index (χ3n) is 2.68. The highest BCUT2D eigenvalue weighted by Crippen LogP contribution is 2.18. The zero-order valence-electron chi connectivity index (χ0n) is 12.2. The summed E-state index contributed by atoms with van der Waals surface area (Å²) in [6, 6.07) is 0.304. The Morgan fingerprint density at radius 2 is 1.89 bits per heavy atom. The maximum atomic E-state index is 11.8. The predicted octanol–water partition coefficient (Wildman–Crippen LogP) is 0.967. The van der Waals surface area contributed by atoms with Gasteiger partial charge in [-0.3, -0.25) is 0 Å². The number of sulfonamides is 1. The summed E-state index contributed by atoms with van der Waals surface area (Å²) in [7, 11) is -1.54. The van der Waals surface area contributed by atoms with E-state index in [-0.39, 0.29) is 11.2 Å². The molecule has 0 aromatic rings. The third kappa shape index (κ3) is 9.82. The van der Waals surface area contributed by atoms with Gasteiger partial charge in [0.2, 0.25) is 10.0 Å². The fourth-order valence-electron chi connectivity index (χ4n) is 1.33. The maximum Gasteiger partial charge on any atom is 0.212 e. The van der Waals surface area contributed by atoms with Crippen molar-refractivity contribution in [2.45, 2.75) is 40.2 Å². The molecular formula is C12H28N2O3S. The van der Waals surface area contributed by atoms with Crippen molar-refractivity contribution in [3.8, 4) is 0 Å². The Bertz CT molecular complexity index is 313. The van der Waals surface area contributed by atoms with E-state index in [2.05, 4.69) is 10.0 Å². The summed E-state index contributed by atoms with van der Waals surface area (Å²) in [6.07, 6.45) is 0.830. The molecule has 0 atom stereocenters. The summed E-state index contributed by atoms with van der Waals surface area (Å²) in [5.74, 6) is 0.117. The molecule has 110 valence electrons. The van der Waals surface area contributed by atoms with Crippen molar-refractivity contribution in [3.05, 3.63) is 0 Å². The van der Waals surface area contributed by atoms with Crippen LogP contribution in [-0.4, -0.2) is 47.0 Å². The van der Waals surface area contributed by atoms with Crippen LogP contribution >= 0.6 is 0 Å². The first-order valence-corrected chi connectivity index (χ1v) is 8.03. The Labute approximate surface area is 112 Å². The van der Waals surface area contributed by atoms with Gasteiger partial charge >= 0.3 is 0 Å². The van der Waals surface area contributed by atoms with E-state index >= 15 is 0 Å². The molecule has 0 fully saturated rings. The smallest absolute Gasteiger partial charge is 0.212 e. The Morgan fingerprint density at radius 3 is 2.39 bits per heavy atom. The number of hydrogen-bond acceptors (Lipinski definition) is 4. The van der Waals surface area contributed by atoms with Crippen LogP contribution in [0, 0.1) is 5.41 Å². The molecule has 0 amide bonds. The Balaban J connectivity index is 4.02. The topological polar surface area (TPSA) is 67.4 Å². The van der Waals surface area contributed by atoms with Crippen molar-refractivity contribution in [1.82, 2.24) is 10.0 Å². The first-order chi connectivity index (χ1) is 8.18. The van der Waals surface area contributed by atoms with Gasteiger partial charge in [-0.05, 0) is 11.8 Å². The molecule has 6 heteroatoms. The van der Waals surface area contributed by atoms with Gasteiger partial charge in [0.05, 0.1) is 5.75 Å². The number of methoxy groups -OCH3 is 1. The second-order valence-electron chi connectivity index (χ2n) is 5.66. The molecule has 0 aliphatic carbocycles.